The third-order valence-corrected chi connectivity index (χ3v) is 3.68. The van der Waals surface area contributed by atoms with E-state index in [0.29, 0.717) is 17.9 Å². The Morgan fingerprint density at radius 2 is 2.25 bits per heavy atom. The standard InChI is InChI=1S/C13H19FN2/c1-3-16-13-5-4-12(9(13)2)10-6-11(14)8-15-7-10/h6-9,12-13,16H,3-5H2,1-2H3. The molecule has 2 rings (SSSR count). The Labute approximate surface area is 96.3 Å². The first kappa shape index (κ1) is 11.5. The van der Waals surface area contributed by atoms with Gasteiger partial charge in [-0.15, -0.1) is 0 Å². The number of rotatable bonds is 3. The maximum absolute atomic E-state index is 13.1. The van der Waals surface area contributed by atoms with Crippen LogP contribution in [0.15, 0.2) is 18.5 Å². The average Bonchev–Trinajstić information content (AvgIpc) is 2.61. The van der Waals surface area contributed by atoms with Crippen molar-refractivity contribution in [1.82, 2.24) is 10.3 Å². The summed E-state index contributed by atoms with van der Waals surface area (Å²) in [7, 11) is 0. The van der Waals surface area contributed by atoms with Gasteiger partial charge >= 0.3 is 0 Å². The fraction of sp³-hybridized carbons (Fsp3) is 0.615. The van der Waals surface area contributed by atoms with Gasteiger partial charge in [0, 0.05) is 12.2 Å². The Kier molecular flexibility index (Phi) is 3.54. The van der Waals surface area contributed by atoms with Gasteiger partial charge in [-0.3, -0.25) is 4.98 Å². The summed E-state index contributed by atoms with van der Waals surface area (Å²) < 4.78 is 13.1. The molecule has 1 saturated carbocycles. The van der Waals surface area contributed by atoms with E-state index in [9.17, 15) is 4.39 Å². The van der Waals surface area contributed by atoms with Crippen molar-refractivity contribution in [2.45, 2.75) is 38.6 Å². The minimum atomic E-state index is -0.225. The third kappa shape index (κ3) is 2.24. The van der Waals surface area contributed by atoms with Crippen molar-refractivity contribution in [1.29, 1.82) is 0 Å². The largest absolute Gasteiger partial charge is 0.314 e. The van der Waals surface area contributed by atoms with Gasteiger partial charge in [-0.1, -0.05) is 13.8 Å². The van der Waals surface area contributed by atoms with Crippen LogP contribution in [0.4, 0.5) is 4.39 Å². The molecule has 3 unspecified atom stereocenters. The van der Waals surface area contributed by atoms with Crippen molar-refractivity contribution < 1.29 is 4.39 Å². The number of nitrogens with zero attached hydrogens (tertiary/aromatic N) is 1. The van der Waals surface area contributed by atoms with Crippen LogP contribution in [0.1, 0.15) is 38.2 Å². The normalized spacial score (nSPS) is 29.6. The van der Waals surface area contributed by atoms with E-state index in [2.05, 4.69) is 24.1 Å². The van der Waals surface area contributed by atoms with E-state index in [1.807, 2.05) is 0 Å². The molecule has 1 aliphatic carbocycles. The van der Waals surface area contributed by atoms with E-state index in [1.54, 1.807) is 12.3 Å². The molecule has 88 valence electrons. The number of aromatic nitrogens is 1. The highest BCUT2D eigenvalue weighted by Gasteiger charge is 2.33. The fourth-order valence-corrected chi connectivity index (χ4v) is 2.82. The first-order valence-electron chi connectivity index (χ1n) is 6.06. The minimum Gasteiger partial charge on any atom is -0.314 e. The summed E-state index contributed by atoms with van der Waals surface area (Å²) in [6.07, 6.45) is 5.38. The summed E-state index contributed by atoms with van der Waals surface area (Å²) in [6.45, 7) is 5.38. The molecule has 1 N–H and O–H groups in total. The summed E-state index contributed by atoms with van der Waals surface area (Å²) in [5.74, 6) is 0.785. The number of pyridine rings is 1. The molecule has 0 spiro atoms. The Morgan fingerprint density at radius 1 is 1.44 bits per heavy atom. The van der Waals surface area contributed by atoms with Crippen LogP contribution in [0.5, 0.6) is 0 Å². The topological polar surface area (TPSA) is 24.9 Å². The molecule has 0 radical (unpaired) electrons. The summed E-state index contributed by atoms with van der Waals surface area (Å²) in [4.78, 5) is 3.94. The molecule has 1 heterocycles. The zero-order valence-electron chi connectivity index (χ0n) is 9.91. The molecular weight excluding hydrogens is 203 g/mol. The van der Waals surface area contributed by atoms with Crippen LogP contribution in [0.3, 0.4) is 0 Å². The molecule has 0 saturated heterocycles. The van der Waals surface area contributed by atoms with Crippen LogP contribution in [0.25, 0.3) is 0 Å². The van der Waals surface area contributed by atoms with E-state index in [4.69, 9.17) is 0 Å². The summed E-state index contributed by atoms with van der Waals surface area (Å²) in [6, 6.07) is 2.20. The maximum atomic E-state index is 13.1. The van der Waals surface area contributed by atoms with Crippen molar-refractivity contribution in [2.75, 3.05) is 6.54 Å². The van der Waals surface area contributed by atoms with Crippen LogP contribution in [0.2, 0.25) is 0 Å². The molecule has 0 amide bonds. The Morgan fingerprint density at radius 3 is 2.94 bits per heavy atom. The summed E-state index contributed by atoms with van der Waals surface area (Å²) >= 11 is 0. The molecule has 1 aliphatic rings. The first-order chi connectivity index (χ1) is 7.72. The Bertz CT molecular complexity index is 354. The van der Waals surface area contributed by atoms with Gasteiger partial charge in [0.2, 0.25) is 0 Å². The lowest BCUT2D eigenvalue weighted by molar-refractivity contribution is 0.411. The monoisotopic (exact) mass is 222 g/mol. The highest BCUT2D eigenvalue weighted by Crippen LogP contribution is 2.39. The molecule has 0 aliphatic heterocycles. The molecule has 1 aromatic heterocycles. The lowest BCUT2D eigenvalue weighted by Crippen LogP contribution is -2.32. The lowest BCUT2D eigenvalue weighted by atomic mass is 9.90. The van der Waals surface area contributed by atoms with Crippen molar-refractivity contribution in [3.05, 3.63) is 29.8 Å². The smallest absolute Gasteiger partial charge is 0.141 e. The molecule has 3 heteroatoms. The van der Waals surface area contributed by atoms with Crippen molar-refractivity contribution >= 4 is 0 Å². The van der Waals surface area contributed by atoms with Crippen molar-refractivity contribution in [2.24, 2.45) is 5.92 Å². The third-order valence-electron chi connectivity index (χ3n) is 3.68. The number of nitrogens with one attached hydrogen (secondary N) is 1. The molecule has 16 heavy (non-hydrogen) atoms. The Hall–Kier alpha value is -0.960. The van der Waals surface area contributed by atoms with Gasteiger partial charge in [-0.25, -0.2) is 4.39 Å². The number of halogens is 1. The number of hydrogen-bond acceptors (Lipinski definition) is 2. The van der Waals surface area contributed by atoms with E-state index in [-0.39, 0.29) is 5.82 Å². The van der Waals surface area contributed by atoms with Gasteiger partial charge in [-0.2, -0.15) is 0 Å². The van der Waals surface area contributed by atoms with E-state index in [0.717, 1.165) is 18.5 Å². The van der Waals surface area contributed by atoms with Gasteiger partial charge < -0.3 is 5.32 Å². The van der Waals surface area contributed by atoms with Crippen LogP contribution < -0.4 is 5.32 Å². The second kappa shape index (κ2) is 4.91. The van der Waals surface area contributed by atoms with Gasteiger partial charge in [0.15, 0.2) is 0 Å². The second-order valence-electron chi connectivity index (χ2n) is 4.64. The predicted octanol–water partition coefficient (Wildman–Crippen LogP) is 2.71. The second-order valence-corrected chi connectivity index (χ2v) is 4.64. The molecule has 2 nitrogen and oxygen atoms in total. The van der Waals surface area contributed by atoms with Gasteiger partial charge in [0.05, 0.1) is 6.20 Å². The fourth-order valence-electron chi connectivity index (χ4n) is 2.82. The average molecular weight is 222 g/mol. The number of hydrogen-bond donors (Lipinski definition) is 1. The molecule has 3 atom stereocenters. The van der Waals surface area contributed by atoms with Crippen molar-refractivity contribution in [3.8, 4) is 0 Å². The highest BCUT2D eigenvalue weighted by atomic mass is 19.1. The van der Waals surface area contributed by atoms with E-state index in [1.165, 1.54) is 12.6 Å². The van der Waals surface area contributed by atoms with Crippen molar-refractivity contribution in [3.63, 3.8) is 0 Å². The summed E-state index contributed by atoms with van der Waals surface area (Å²) in [5.41, 5.74) is 1.05. The van der Waals surface area contributed by atoms with Crippen LogP contribution in [-0.2, 0) is 0 Å². The molecule has 1 fully saturated rings. The van der Waals surface area contributed by atoms with Gasteiger partial charge in [-0.05, 0) is 42.9 Å². The molecule has 1 aromatic rings. The van der Waals surface area contributed by atoms with Crippen LogP contribution in [-0.4, -0.2) is 17.6 Å². The van der Waals surface area contributed by atoms with Gasteiger partial charge in [0.1, 0.15) is 5.82 Å². The van der Waals surface area contributed by atoms with Gasteiger partial charge in [0.25, 0.3) is 0 Å². The van der Waals surface area contributed by atoms with Crippen LogP contribution >= 0.6 is 0 Å². The first-order valence-corrected chi connectivity index (χ1v) is 6.06. The molecular formula is C13H19FN2. The minimum absolute atomic E-state index is 0.225. The maximum Gasteiger partial charge on any atom is 0.141 e. The SMILES string of the molecule is CCNC1CCC(c2cncc(F)c2)C1C. The zero-order chi connectivity index (χ0) is 11.5. The highest BCUT2D eigenvalue weighted by molar-refractivity contribution is 5.19. The summed E-state index contributed by atoms with van der Waals surface area (Å²) in [5, 5.41) is 3.49. The predicted molar refractivity (Wildman–Crippen MR) is 62.8 cm³/mol. The Balaban J connectivity index is 2.12. The van der Waals surface area contributed by atoms with E-state index >= 15 is 0 Å². The quantitative estimate of drug-likeness (QED) is 0.850. The van der Waals surface area contributed by atoms with Crippen LogP contribution in [0, 0.1) is 11.7 Å². The molecule has 0 bridgehead atoms. The molecule has 0 aromatic carbocycles. The van der Waals surface area contributed by atoms with E-state index < -0.39 is 0 Å². The zero-order valence-corrected chi connectivity index (χ0v) is 9.91. The lowest BCUT2D eigenvalue weighted by Gasteiger charge is -2.21.